The number of carbonyl (C=O) groups excluding carboxylic acids is 3. The Bertz CT molecular complexity index is 1900. The van der Waals surface area contributed by atoms with E-state index in [0.29, 0.717) is 54.7 Å². The van der Waals surface area contributed by atoms with Crippen LogP contribution in [0.15, 0.2) is 30.4 Å². The van der Waals surface area contributed by atoms with E-state index in [1.807, 2.05) is 26.0 Å². The van der Waals surface area contributed by atoms with Gasteiger partial charge in [-0.1, -0.05) is 32.4 Å². The van der Waals surface area contributed by atoms with Crippen LogP contribution in [0.2, 0.25) is 0 Å². The van der Waals surface area contributed by atoms with Crippen molar-refractivity contribution in [2.75, 3.05) is 32.6 Å². The molecule has 4 aliphatic rings. The Balaban J connectivity index is 1.36. The first-order valence-corrected chi connectivity index (χ1v) is 19.7. The van der Waals surface area contributed by atoms with E-state index < -0.39 is 68.7 Å². The molecular weight excluding hydrogens is 707 g/mol. The van der Waals surface area contributed by atoms with Crippen molar-refractivity contribution in [2.45, 2.75) is 94.2 Å². The van der Waals surface area contributed by atoms with Gasteiger partial charge in [0.1, 0.15) is 29.5 Å². The van der Waals surface area contributed by atoms with Gasteiger partial charge in [0.2, 0.25) is 21.8 Å². The van der Waals surface area contributed by atoms with Crippen LogP contribution in [0.1, 0.15) is 65.2 Å². The number of hydrogen-bond acceptors (Lipinski definition) is 11. The van der Waals surface area contributed by atoms with Gasteiger partial charge in [-0.2, -0.15) is 0 Å². The van der Waals surface area contributed by atoms with Crippen molar-refractivity contribution in [3.63, 3.8) is 0 Å². The second-order valence-electron chi connectivity index (χ2n) is 15.0. The Labute approximate surface area is 309 Å². The Hall–Kier alpha value is -4.67. The Kier molecular flexibility index (Phi) is 10.8. The van der Waals surface area contributed by atoms with Gasteiger partial charge in [0.25, 0.3) is 11.8 Å². The van der Waals surface area contributed by atoms with Gasteiger partial charge in [0, 0.05) is 32.5 Å². The van der Waals surface area contributed by atoms with Crippen LogP contribution >= 0.6 is 0 Å². The Morgan fingerprint density at radius 3 is 2.55 bits per heavy atom. The molecule has 2 saturated carbocycles. The summed E-state index contributed by atoms with van der Waals surface area (Å²) in [6.07, 6.45) is 5.18. The van der Waals surface area contributed by atoms with Gasteiger partial charge in [-0.05, 0) is 62.5 Å². The minimum atomic E-state index is -3.91. The molecule has 0 unspecified atom stereocenters. The molecule has 1 saturated heterocycles. The molecular formula is C36H49N7O9S. The van der Waals surface area contributed by atoms with E-state index in [2.05, 4.69) is 15.4 Å². The molecule has 4 N–H and O–H groups in total. The largest absolute Gasteiger partial charge is 0.497 e. The summed E-state index contributed by atoms with van der Waals surface area (Å²) in [5.41, 5.74) is -0.444. The molecule has 2 aliphatic carbocycles. The van der Waals surface area contributed by atoms with Gasteiger partial charge in [-0.3, -0.25) is 19.1 Å². The van der Waals surface area contributed by atoms with Crippen LogP contribution in [0, 0.1) is 17.8 Å². The van der Waals surface area contributed by atoms with Crippen LogP contribution in [-0.4, -0.2) is 109 Å². The Morgan fingerprint density at radius 2 is 1.89 bits per heavy atom. The molecule has 3 heterocycles. The van der Waals surface area contributed by atoms with Crippen molar-refractivity contribution in [3.8, 4) is 11.6 Å². The van der Waals surface area contributed by atoms with Crippen molar-refractivity contribution < 1.29 is 42.2 Å². The molecule has 0 bridgehead atoms. The highest BCUT2D eigenvalue weighted by molar-refractivity contribution is 7.91. The van der Waals surface area contributed by atoms with E-state index in [9.17, 15) is 32.7 Å². The molecule has 0 radical (unpaired) electrons. The number of carboxylic acid groups (broad SMARTS) is 1. The topological polar surface area (TPSA) is 209 Å². The fraction of sp³-hybridized carbons (Fsp3) is 0.611. The molecule has 16 nitrogen and oxygen atoms in total. The summed E-state index contributed by atoms with van der Waals surface area (Å²) in [5.74, 6) is -1.61. The quantitative estimate of drug-likeness (QED) is 0.272. The number of rotatable bonds is 9. The number of methoxy groups -OCH3 is 1. The monoisotopic (exact) mass is 755 g/mol. The summed E-state index contributed by atoms with van der Waals surface area (Å²) in [7, 11) is 1.20. The van der Waals surface area contributed by atoms with Crippen LogP contribution in [0.3, 0.4) is 0 Å². The van der Waals surface area contributed by atoms with E-state index >= 15 is 0 Å². The van der Waals surface area contributed by atoms with Crippen molar-refractivity contribution >= 4 is 50.7 Å². The van der Waals surface area contributed by atoms with Crippen LogP contribution in [-0.2, 0) is 24.4 Å². The average molecular weight is 756 g/mol. The molecule has 53 heavy (non-hydrogen) atoms. The number of hydrogen-bond donors (Lipinski definition) is 4. The Morgan fingerprint density at radius 1 is 1.13 bits per heavy atom. The van der Waals surface area contributed by atoms with Crippen molar-refractivity contribution in [1.82, 2.24) is 30.2 Å². The van der Waals surface area contributed by atoms with Crippen molar-refractivity contribution in [2.24, 2.45) is 17.8 Å². The van der Waals surface area contributed by atoms with Gasteiger partial charge in [-0.25, -0.2) is 23.2 Å². The fourth-order valence-electron chi connectivity index (χ4n) is 7.51. The number of nitrogens with one attached hydrogen (secondary N) is 3. The third-order valence-corrected chi connectivity index (χ3v) is 12.6. The van der Waals surface area contributed by atoms with Gasteiger partial charge in [-0.15, -0.1) is 0 Å². The van der Waals surface area contributed by atoms with Gasteiger partial charge < -0.3 is 35.0 Å². The third-order valence-electron chi connectivity index (χ3n) is 10.8. The number of carbonyl (C=O) groups is 4. The lowest BCUT2D eigenvalue weighted by Crippen LogP contribution is -2.59. The number of anilines is 1. The summed E-state index contributed by atoms with van der Waals surface area (Å²) >= 11 is 0. The number of sulfonamides is 1. The number of fused-ring (bicyclic) bond motifs is 3. The SMILES string of the molecule is CC[C@@H]1C[C@H](C)CCC=C[C@@H]2C[C@@]2(C(=O)NS(=O)(=O)C2CC2)NC(=O)[C@@H]2C[C@@H](Oc3nc4ccc(OC)cc4nc3N(C)C)CN2C(=O)[C@H]1NC(=O)O. The van der Waals surface area contributed by atoms with E-state index in [1.165, 1.54) is 4.90 Å². The number of amides is 4. The first kappa shape index (κ1) is 38.1. The lowest BCUT2D eigenvalue weighted by atomic mass is 9.85. The zero-order chi connectivity index (χ0) is 38.2. The first-order chi connectivity index (χ1) is 25.1. The standard InChI is InChI=1S/C36H49N7O9S/c1-6-21-15-20(2)9-7-8-10-22-18-36(22,34(46)41-53(49,50)25-12-13-25)40-31(44)28-17-24(19-43(28)33(45)29(21)39-35(47)48)52-32-30(42(3)4)37-27-16-23(51-5)11-14-26(27)38-32/h8,10-11,14,16,20-22,24-25,28-29,39H,6-7,9,12-13,15,17-19H2,1-5H3,(H,40,44)(H,41,46)(H,47,48)/t20-,21-,22-,24-,28+,29+,36-/m1/s1. The van der Waals surface area contributed by atoms with Gasteiger partial charge in [0.05, 0.1) is 29.9 Å². The highest BCUT2D eigenvalue weighted by atomic mass is 32.2. The molecule has 2 aliphatic heterocycles. The van der Waals surface area contributed by atoms with Gasteiger partial charge in [0.15, 0.2) is 5.82 Å². The zero-order valence-electron chi connectivity index (χ0n) is 30.7. The minimum Gasteiger partial charge on any atom is -0.497 e. The third kappa shape index (κ3) is 8.14. The lowest BCUT2D eigenvalue weighted by Gasteiger charge is -2.33. The normalized spacial score (nSPS) is 29.2. The fourth-order valence-corrected chi connectivity index (χ4v) is 8.88. The zero-order valence-corrected chi connectivity index (χ0v) is 31.5. The van der Waals surface area contributed by atoms with Crippen molar-refractivity contribution in [1.29, 1.82) is 0 Å². The van der Waals surface area contributed by atoms with Crippen LogP contribution in [0.25, 0.3) is 11.0 Å². The van der Waals surface area contributed by atoms with Crippen LogP contribution in [0.5, 0.6) is 11.6 Å². The number of benzene rings is 1. The average Bonchev–Trinajstić information content (AvgIpc) is 4.04. The highest BCUT2D eigenvalue weighted by Gasteiger charge is 2.62. The van der Waals surface area contributed by atoms with E-state index in [1.54, 1.807) is 44.3 Å². The maximum absolute atomic E-state index is 14.6. The molecule has 1 aromatic carbocycles. The predicted octanol–water partition coefficient (Wildman–Crippen LogP) is 2.57. The van der Waals surface area contributed by atoms with Gasteiger partial charge >= 0.3 is 6.09 Å². The van der Waals surface area contributed by atoms with E-state index in [0.717, 1.165) is 6.42 Å². The molecule has 7 atom stereocenters. The summed E-state index contributed by atoms with van der Waals surface area (Å²) < 4.78 is 39.7. The number of nitrogens with zero attached hydrogens (tertiary/aromatic N) is 4. The molecule has 3 fully saturated rings. The maximum Gasteiger partial charge on any atom is 0.405 e. The number of aromatic nitrogens is 2. The lowest BCUT2D eigenvalue weighted by molar-refractivity contribution is -0.142. The number of allylic oxidation sites excluding steroid dienone is 1. The summed E-state index contributed by atoms with van der Waals surface area (Å²) in [6.45, 7) is 3.86. The molecule has 4 amide bonds. The van der Waals surface area contributed by atoms with Crippen LogP contribution in [0.4, 0.5) is 10.6 Å². The second kappa shape index (κ2) is 15.0. The second-order valence-corrected chi connectivity index (χ2v) is 16.9. The first-order valence-electron chi connectivity index (χ1n) is 18.2. The smallest absolute Gasteiger partial charge is 0.405 e. The van der Waals surface area contributed by atoms with E-state index in [-0.39, 0.29) is 37.1 Å². The summed E-state index contributed by atoms with van der Waals surface area (Å²) in [4.78, 5) is 67.2. The predicted molar refractivity (Wildman–Crippen MR) is 195 cm³/mol. The molecule has 2 aromatic rings. The number of ether oxygens (including phenoxy) is 2. The van der Waals surface area contributed by atoms with E-state index in [4.69, 9.17) is 19.4 Å². The molecule has 1 aromatic heterocycles. The van der Waals surface area contributed by atoms with Crippen LogP contribution < -0.4 is 29.7 Å². The molecule has 17 heteroatoms. The summed E-state index contributed by atoms with van der Waals surface area (Å²) in [5, 5.41) is 14.5. The molecule has 288 valence electrons. The minimum absolute atomic E-state index is 0.0155. The molecule has 0 spiro atoms. The summed E-state index contributed by atoms with van der Waals surface area (Å²) in [6, 6.07) is 2.90. The maximum atomic E-state index is 14.6. The van der Waals surface area contributed by atoms with Crippen molar-refractivity contribution in [3.05, 3.63) is 30.4 Å². The highest BCUT2D eigenvalue weighted by Crippen LogP contribution is 2.46. The molecule has 6 rings (SSSR count).